The molecule has 0 aromatic carbocycles. The van der Waals surface area contributed by atoms with E-state index in [0.717, 1.165) is 0 Å². The fourth-order valence-electron chi connectivity index (χ4n) is 0.738. The van der Waals surface area contributed by atoms with Gasteiger partial charge < -0.3 is 4.74 Å². The monoisotopic (exact) mass is 197 g/mol. The van der Waals surface area contributed by atoms with Crippen LogP contribution in [0.3, 0.4) is 0 Å². The maximum absolute atomic E-state index is 10.7. The van der Waals surface area contributed by atoms with E-state index < -0.39 is 5.97 Å². The summed E-state index contributed by atoms with van der Waals surface area (Å²) < 4.78 is 4.42. The lowest BCUT2D eigenvalue weighted by Gasteiger charge is -1.92. The van der Waals surface area contributed by atoms with Crippen LogP contribution in [-0.4, -0.2) is 18.1 Å². The van der Waals surface area contributed by atoms with Gasteiger partial charge in [0.1, 0.15) is 5.15 Å². The van der Waals surface area contributed by atoms with Crippen molar-refractivity contribution in [3.63, 3.8) is 0 Å². The number of ether oxygens (including phenoxy) is 1. The van der Waals surface area contributed by atoms with Crippen molar-refractivity contribution in [3.8, 4) is 0 Å². The lowest BCUT2D eigenvalue weighted by molar-refractivity contribution is -0.134. The van der Waals surface area contributed by atoms with Gasteiger partial charge in [-0.25, -0.2) is 9.78 Å². The van der Waals surface area contributed by atoms with Crippen molar-refractivity contribution < 1.29 is 9.53 Å². The zero-order valence-electron chi connectivity index (χ0n) is 7.03. The van der Waals surface area contributed by atoms with Crippen LogP contribution >= 0.6 is 11.6 Å². The van der Waals surface area contributed by atoms with Crippen LogP contribution in [0.5, 0.6) is 0 Å². The first kappa shape index (κ1) is 9.74. The second kappa shape index (κ2) is 4.62. The summed E-state index contributed by atoms with van der Waals surface area (Å²) in [6.45, 7) is 0. The molecule has 0 N–H and O–H groups in total. The van der Waals surface area contributed by atoms with Crippen LogP contribution in [0.2, 0.25) is 5.15 Å². The van der Waals surface area contributed by atoms with Gasteiger partial charge in [0.15, 0.2) is 0 Å². The number of pyridine rings is 1. The highest BCUT2D eigenvalue weighted by Gasteiger charge is 1.93. The molecule has 68 valence electrons. The quantitative estimate of drug-likeness (QED) is 0.413. The fourth-order valence-corrected chi connectivity index (χ4v) is 0.909. The van der Waals surface area contributed by atoms with Gasteiger partial charge in [-0.1, -0.05) is 17.7 Å². The molecule has 0 amide bonds. The normalized spacial score (nSPS) is 10.3. The molecule has 1 rings (SSSR count). The van der Waals surface area contributed by atoms with E-state index in [1.807, 2.05) is 0 Å². The number of halogens is 1. The zero-order chi connectivity index (χ0) is 9.68. The minimum absolute atomic E-state index is 0.395. The van der Waals surface area contributed by atoms with Crippen molar-refractivity contribution in [1.82, 2.24) is 4.98 Å². The Morgan fingerprint density at radius 3 is 3.00 bits per heavy atom. The molecule has 0 aliphatic rings. The third kappa shape index (κ3) is 3.25. The highest BCUT2D eigenvalue weighted by molar-refractivity contribution is 6.29. The summed E-state index contributed by atoms with van der Waals surface area (Å²) in [5.74, 6) is -0.415. The average Bonchev–Trinajstić information content (AvgIpc) is 2.14. The summed E-state index contributed by atoms with van der Waals surface area (Å²) in [5.41, 5.74) is 0.623. The van der Waals surface area contributed by atoms with Gasteiger partial charge in [0, 0.05) is 6.08 Å². The Kier molecular flexibility index (Phi) is 3.46. The van der Waals surface area contributed by atoms with Crippen LogP contribution in [-0.2, 0) is 9.53 Å². The standard InChI is InChI=1S/C9H8ClNO2/c1-13-9(12)6-5-7-3-2-4-8(10)11-7/h2-6H,1H3. The van der Waals surface area contributed by atoms with Gasteiger partial charge in [-0.05, 0) is 18.2 Å². The van der Waals surface area contributed by atoms with E-state index in [4.69, 9.17) is 11.6 Å². The third-order valence-corrected chi connectivity index (χ3v) is 1.54. The van der Waals surface area contributed by atoms with Crippen LogP contribution in [0.1, 0.15) is 5.69 Å². The molecule has 0 saturated carbocycles. The number of carbonyl (C=O) groups is 1. The number of hydrogen-bond acceptors (Lipinski definition) is 3. The predicted octanol–water partition coefficient (Wildman–Crippen LogP) is 1.92. The first-order valence-electron chi connectivity index (χ1n) is 3.61. The van der Waals surface area contributed by atoms with Crippen LogP contribution in [0.4, 0.5) is 0 Å². The van der Waals surface area contributed by atoms with Crippen LogP contribution < -0.4 is 0 Å². The number of esters is 1. The minimum Gasteiger partial charge on any atom is -0.466 e. The number of nitrogens with zero attached hydrogens (tertiary/aromatic N) is 1. The molecule has 0 aliphatic heterocycles. The molecule has 1 aromatic heterocycles. The SMILES string of the molecule is COC(=O)C=Cc1cccc(Cl)n1. The Bertz CT molecular complexity index is 336. The summed E-state index contributed by atoms with van der Waals surface area (Å²) >= 11 is 5.63. The number of methoxy groups -OCH3 is 1. The molecule has 0 bridgehead atoms. The van der Waals surface area contributed by atoms with E-state index in [1.165, 1.54) is 19.3 Å². The minimum atomic E-state index is -0.415. The summed E-state index contributed by atoms with van der Waals surface area (Å²) in [6, 6.07) is 5.16. The predicted molar refractivity (Wildman–Crippen MR) is 50.3 cm³/mol. The Labute approximate surface area is 81.0 Å². The molecular weight excluding hydrogens is 190 g/mol. The van der Waals surface area contributed by atoms with Gasteiger partial charge in [0.25, 0.3) is 0 Å². The molecule has 13 heavy (non-hydrogen) atoms. The van der Waals surface area contributed by atoms with E-state index in [0.29, 0.717) is 10.8 Å². The zero-order valence-corrected chi connectivity index (χ0v) is 7.78. The molecule has 1 aromatic rings. The fraction of sp³-hybridized carbons (Fsp3) is 0.111. The smallest absolute Gasteiger partial charge is 0.330 e. The number of hydrogen-bond donors (Lipinski definition) is 0. The van der Waals surface area contributed by atoms with Crippen molar-refractivity contribution >= 4 is 23.6 Å². The van der Waals surface area contributed by atoms with Gasteiger partial charge >= 0.3 is 5.97 Å². The average molecular weight is 198 g/mol. The van der Waals surface area contributed by atoms with Crippen molar-refractivity contribution in [2.45, 2.75) is 0 Å². The molecule has 0 fully saturated rings. The third-order valence-electron chi connectivity index (χ3n) is 1.33. The molecule has 0 saturated heterocycles. The van der Waals surface area contributed by atoms with E-state index in [1.54, 1.807) is 18.2 Å². The lowest BCUT2D eigenvalue weighted by atomic mass is 10.3. The Morgan fingerprint density at radius 2 is 2.38 bits per heavy atom. The van der Waals surface area contributed by atoms with Crippen molar-refractivity contribution in [1.29, 1.82) is 0 Å². The summed E-state index contributed by atoms with van der Waals surface area (Å²) in [4.78, 5) is 14.7. The molecule has 0 aliphatic carbocycles. The first-order valence-corrected chi connectivity index (χ1v) is 3.99. The maximum atomic E-state index is 10.7. The Balaban J connectivity index is 2.74. The van der Waals surface area contributed by atoms with Crippen molar-refractivity contribution in [2.24, 2.45) is 0 Å². The number of carbonyl (C=O) groups excluding carboxylic acids is 1. The highest BCUT2D eigenvalue weighted by Crippen LogP contribution is 2.06. The molecule has 3 nitrogen and oxygen atoms in total. The summed E-state index contributed by atoms with van der Waals surface area (Å²) in [6.07, 6.45) is 2.83. The number of aromatic nitrogens is 1. The molecule has 0 radical (unpaired) electrons. The van der Waals surface area contributed by atoms with Gasteiger partial charge in [0.05, 0.1) is 12.8 Å². The van der Waals surface area contributed by atoms with Gasteiger partial charge in [-0.15, -0.1) is 0 Å². The highest BCUT2D eigenvalue weighted by atomic mass is 35.5. The van der Waals surface area contributed by atoms with E-state index in [9.17, 15) is 4.79 Å². The maximum Gasteiger partial charge on any atom is 0.330 e. The largest absolute Gasteiger partial charge is 0.466 e. The van der Waals surface area contributed by atoms with Gasteiger partial charge in [-0.3, -0.25) is 0 Å². The molecule has 4 heteroatoms. The Morgan fingerprint density at radius 1 is 1.62 bits per heavy atom. The molecule has 0 atom stereocenters. The second-order valence-electron chi connectivity index (χ2n) is 2.24. The summed E-state index contributed by atoms with van der Waals surface area (Å²) in [7, 11) is 1.32. The topological polar surface area (TPSA) is 39.2 Å². The number of rotatable bonds is 2. The molecule has 0 unspecified atom stereocenters. The van der Waals surface area contributed by atoms with E-state index in [2.05, 4.69) is 9.72 Å². The second-order valence-corrected chi connectivity index (χ2v) is 2.63. The molecule has 0 spiro atoms. The molecular formula is C9H8ClNO2. The molecule has 1 heterocycles. The van der Waals surface area contributed by atoms with Gasteiger partial charge in [0.2, 0.25) is 0 Å². The Hall–Kier alpha value is -1.35. The van der Waals surface area contributed by atoms with Crippen molar-refractivity contribution in [3.05, 3.63) is 35.1 Å². The van der Waals surface area contributed by atoms with Gasteiger partial charge in [-0.2, -0.15) is 0 Å². The van der Waals surface area contributed by atoms with Crippen LogP contribution in [0.15, 0.2) is 24.3 Å². The van der Waals surface area contributed by atoms with E-state index >= 15 is 0 Å². The van der Waals surface area contributed by atoms with Crippen LogP contribution in [0, 0.1) is 0 Å². The van der Waals surface area contributed by atoms with E-state index in [-0.39, 0.29) is 0 Å². The van der Waals surface area contributed by atoms with Crippen molar-refractivity contribution in [2.75, 3.05) is 7.11 Å². The summed E-state index contributed by atoms with van der Waals surface area (Å²) in [5, 5.41) is 0.395. The lowest BCUT2D eigenvalue weighted by Crippen LogP contribution is -1.93. The van der Waals surface area contributed by atoms with Crippen LogP contribution in [0.25, 0.3) is 6.08 Å². The first-order chi connectivity index (χ1) is 6.22.